The standard InChI is InChI=1S/C32H33ClF2N4O5/c1-15-12-18(9-10-21(15)34)14-36-30(40)25-24(33)29-37-17(3)23(28(31(41)42)44-32(4,5)6)26(39(29)38-25)20-13-22(35)27-19(16(20)2)8-7-11-43-27/h9-10,12-13,28H,7-8,11,14H2,1-6H3,(H,36,40)(H,41,42). The van der Waals surface area contributed by atoms with Gasteiger partial charge in [0.25, 0.3) is 5.91 Å². The van der Waals surface area contributed by atoms with Crippen molar-refractivity contribution in [3.63, 3.8) is 0 Å². The van der Waals surface area contributed by atoms with E-state index in [9.17, 15) is 19.1 Å². The number of aromatic nitrogens is 3. The van der Waals surface area contributed by atoms with Crippen molar-refractivity contribution in [3.05, 3.63) is 80.1 Å². The molecule has 2 aromatic heterocycles. The van der Waals surface area contributed by atoms with Crippen LogP contribution in [-0.2, 0) is 22.5 Å². The summed E-state index contributed by atoms with van der Waals surface area (Å²) in [4.78, 5) is 30.6. The molecule has 0 radical (unpaired) electrons. The lowest BCUT2D eigenvalue weighted by Gasteiger charge is -2.28. The van der Waals surface area contributed by atoms with Gasteiger partial charge in [-0.25, -0.2) is 23.1 Å². The summed E-state index contributed by atoms with van der Waals surface area (Å²) in [6.07, 6.45) is -0.269. The molecule has 4 aromatic rings. The second-order valence-electron chi connectivity index (χ2n) is 11.9. The van der Waals surface area contributed by atoms with Crippen LogP contribution in [0.2, 0.25) is 5.02 Å². The summed E-state index contributed by atoms with van der Waals surface area (Å²) < 4.78 is 42.2. The molecule has 1 aliphatic rings. The zero-order valence-corrected chi connectivity index (χ0v) is 26.0. The number of carboxylic acids is 1. The molecular formula is C32H33ClF2N4O5. The molecule has 2 aromatic carbocycles. The number of rotatable bonds is 7. The Balaban J connectivity index is 1.73. The van der Waals surface area contributed by atoms with Crippen LogP contribution in [0.4, 0.5) is 8.78 Å². The number of nitrogens with one attached hydrogen (secondary N) is 1. The number of halogens is 3. The zero-order chi connectivity index (χ0) is 32.1. The van der Waals surface area contributed by atoms with Gasteiger partial charge in [0.15, 0.2) is 29.0 Å². The maximum Gasteiger partial charge on any atom is 0.337 e. The van der Waals surface area contributed by atoms with Crippen LogP contribution >= 0.6 is 11.6 Å². The first kappa shape index (κ1) is 31.3. The fraction of sp³-hybridized carbons (Fsp3) is 0.375. The lowest BCUT2D eigenvalue weighted by Crippen LogP contribution is -2.29. The van der Waals surface area contributed by atoms with Crippen molar-refractivity contribution in [2.75, 3.05) is 6.61 Å². The fourth-order valence-corrected chi connectivity index (χ4v) is 5.68. The molecule has 12 heteroatoms. The smallest absolute Gasteiger partial charge is 0.337 e. The molecule has 5 rings (SSSR count). The molecule has 0 fully saturated rings. The summed E-state index contributed by atoms with van der Waals surface area (Å²) in [5.74, 6) is -2.71. The van der Waals surface area contributed by atoms with E-state index in [1.807, 2.05) is 0 Å². The summed E-state index contributed by atoms with van der Waals surface area (Å²) in [6, 6.07) is 5.77. The van der Waals surface area contributed by atoms with Gasteiger partial charge in [0, 0.05) is 28.9 Å². The van der Waals surface area contributed by atoms with Gasteiger partial charge in [-0.3, -0.25) is 4.79 Å². The van der Waals surface area contributed by atoms with Gasteiger partial charge in [-0.15, -0.1) is 0 Å². The van der Waals surface area contributed by atoms with Gasteiger partial charge >= 0.3 is 5.97 Å². The maximum atomic E-state index is 15.6. The van der Waals surface area contributed by atoms with Crippen LogP contribution in [0.3, 0.4) is 0 Å². The van der Waals surface area contributed by atoms with Crippen LogP contribution in [0.5, 0.6) is 5.75 Å². The van der Waals surface area contributed by atoms with Crippen LogP contribution in [0.25, 0.3) is 16.9 Å². The second kappa shape index (κ2) is 11.8. The van der Waals surface area contributed by atoms with Crippen molar-refractivity contribution in [1.29, 1.82) is 0 Å². The third-order valence-corrected chi connectivity index (χ3v) is 7.82. The highest BCUT2D eigenvalue weighted by Gasteiger charge is 2.35. The minimum atomic E-state index is -1.52. The lowest BCUT2D eigenvalue weighted by molar-refractivity contribution is -0.160. The molecule has 44 heavy (non-hydrogen) atoms. The third kappa shape index (κ3) is 5.86. The van der Waals surface area contributed by atoms with E-state index in [2.05, 4.69) is 15.4 Å². The van der Waals surface area contributed by atoms with E-state index in [4.69, 9.17) is 21.1 Å². The van der Waals surface area contributed by atoms with Gasteiger partial charge in [0.2, 0.25) is 0 Å². The summed E-state index contributed by atoms with van der Waals surface area (Å²) >= 11 is 6.70. The van der Waals surface area contributed by atoms with Crippen LogP contribution < -0.4 is 10.1 Å². The third-order valence-electron chi connectivity index (χ3n) is 7.47. The Kier molecular flexibility index (Phi) is 8.39. The van der Waals surface area contributed by atoms with Crippen LogP contribution in [0.1, 0.15) is 77.3 Å². The molecule has 0 saturated heterocycles. The van der Waals surface area contributed by atoms with Crippen molar-refractivity contribution in [3.8, 4) is 17.0 Å². The Labute approximate surface area is 258 Å². The molecule has 1 aliphatic heterocycles. The predicted molar refractivity (Wildman–Crippen MR) is 160 cm³/mol. The number of carbonyl (C=O) groups is 2. The van der Waals surface area contributed by atoms with Crippen molar-refractivity contribution in [1.82, 2.24) is 19.9 Å². The summed E-state index contributed by atoms with van der Waals surface area (Å²) in [5, 5.41) is 17.5. The average Bonchev–Trinajstić information content (AvgIpc) is 3.28. The van der Waals surface area contributed by atoms with E-state index in [-0.39, 0.29) is 51.4 Å². The topological polar surface area (TPSA) is 115 Å². The number of ether oxygens (including phenoxy) is 2. The molecule has 0 spiro atoms. The summed E-state index contributed by atoms with van der Waals surface area (Å²) in [5.41, 5.74) is 2.39. The van der Waals surface area contributed by atoms with Gasteiger partial charge in [-0.2, -0.15) is 5.10 Å². The minimum absolute atomic E-state index is 0.0725. The maximum absolute atomic E-state index is 15.6. The average molecular weight is 627 g/mol. The first-order valence-electron chi connectivity index (χ1n) is 14.2. The number of aryl methyl sites for hydroxylation is 2. The first-order valence-corrected chi connectivity index (χ1v) is 14.5. The number of nitrogens with zero attached hydrogens (tertiary/aromatic N) is 3. The number of carbonyl (C=O) groups excluding carboxylic acids is 1. The second-order valence-corrected chi connectivity index (χ2v) is 12.2. The number of aliphatic carboxylic acids is 1. The largest absolute Gasteiger partial charge is 0.490 e. The number of amides is 1. The van der Waals surface area contributed by atoms with Crippen molar-refractivity contribution in [2.45, 2.75) is 72.6 Å². The molecule has 0 bridgehead atoms. The molecule has 9 nitrogen and oxygen atoms in total. The van der Waals surface area contributed by atoms with E-state index in [1.54, 1.807) is 53.7 Å². The van der Waals surface area contributed by atoms with Crippen molar-refractivity contribution < 1.29 is 33.0 Å². The molecule has 0 aliphatic carbocycles. The molecule has 3 heterocycles. The van der Waals surface area contributed by atoms with Gasteiger partial charge in [0.1, 0.15) is 10.8 Å². The first-order chi connectivity index (χ1) is 20.7. The molecular weight excluding hydrogens is 594 g/mol. The lowest BCUT2D eigenvalue weighted by atomic mass is 9.91. The van der Waals surface area contributed by atoms with Gasteiger partial charge in [-0.05, 0) is 83.2 Å². The van der Waals surface area contributed by atoms with Gasteiger partial charge < -0.3 is 19.9 Å². The monoisotopic (exact) mass is 626 g/mol. The SMILES string of the molecule is Cc1cc(CNC(=O)c2nn3c(-c4cc(F)c5c(c4C)CCCO5)c(C(OC(C)(C)C)C(=O)O)c(C)nc3c2Cl)ccc1F. The van der Waals surface area contributed by atoms with E-state index in [0.717, 1.165) is 0 Å². The number of hydrogen-bond donors (Lipinski definition) is 2. The van der Waals surface area contributed by atoms with E-state index in [0.29, 0.717) is 47.3 Å². The van der Waals surface area contributed by atoms with Gasteiger partial charge in [0.05, 0.1) is 17.9 Å². The number of carboxylic acid groups (broad SMARTS) is 1. The highest BCUT2D eigenvalue weighted by atomic mass is 35.5. The van der Waals surface area contributed by atoms with Gasteiger partial charge in [-0.1, -0.05) is 23.7 Å². The Hall–Kier alpha value is -4.09. The van der Waals surface area contributed by atoms with Crippen LogP contribution in [0, 0.1) is 32.4 Å². The highest BCUT2D eigenvalue weighted by molar-refractivity contribution is 6.36. The van der Waals surface area contributed by atoms with E-state index in [1.165, 1.54) is 16.6 Å². The number of benzene rings is 2. The zero-order valence-electron chi connectivity index (χ0n) is 25.3. The van der Waals surface area contributed by atoms with Crippen molar-refractivity contribution >= 4 is 29.1 Å². The minimum Gasteiger partial charge on any atom is -0.490 e. The van der Waals surface area contributed by atoms with Crippen LogP contribution in [0.15, 0.2) is 24.3 Å². The Morgan fingerprint density at radius 3 is 2.57 bits per heavy atom. The molecule has 1 amide bonds. The van der Waals surface area contributed by atoms with E-state index < -0.39 is 29.4 Å². The predicted octanol–water partition coefficient (Wildman–Crippen LogP) is 6.45. The Morgan fingerprint density at radius 1 is 1.18 bits per heavy atom. The normalized spacial score (nSPS) is 13.8. The summed E-state index contributed by atoms with van der Waals surface area (Å²) in [7, 11) is 0. The fourth-order valence-electron chi connectivity index (χ4n) is 5.44. The quantitative estimate of drug-likeness (QED) is 0.242. The number of hydrogen-bond acceptors (Lipinski definition) is 6. The highest BCUT2D eigenvalue weighted by Crippen LogP contribution is 2.42. The number of fused-ring (bicyclic) bond motifs is 2. The van der Waals surface area contributed by atoms with Crippen LogP contribution in [-0.4, -0.2) is 43.8 Å². The Morgan fingerprint density at radius 2 is 1.91 bits per heavy atom. The molecule has 232 valence electrons. The van der Waals surface area contributed by atoms with E-state index >= 15 is 4.39 Å². The van der Waals surface area contributed by atoms with Crippen molar-refractivity contribution in [2.24, 2.45) is 0 Å². The molecule has 1 unspecified atom stereocenters. The molecule has 1 atom stereocenters. The summed E-state index contributed by atoms with van der Waals surface area (Å²) in [6.45, 7) is 10.7. The molecule has 2 N–H and O–H groups in total. The Bertz CT molecular complexity index is 1820. The molecule has 0 saturated carbocycles.